The average molecular weight is 258 g/mol. The third-order valence-corrected chi connectivity index (χ3v) is 3.02. The molecular formula is C12H20ClN3O. The van der Waals surface area contributed by atoms with Gasteiger partial charge in [0, 0.05) is 12.6 Å². The van der Waals surface area contributed by atoms with Gasteiger partial charge >= 0.3 is 0 Å². The molecule has 1 aromatic rings. The van der Waals surface area contributed by atoms with Crippen molar-refractivity contribution in [3.63, 3.8) is 0 Å². The van der Waals surface area contributed by atoms with Crippen LogP contribution in [0.15, 0.2) is 11.1 Å². The Kier molecular flexibility index (Phi) is 5.48. The van der Waals surface area contributed by atoms with E-state index in [1.165, 1.54) is 19.2 Å². The molecule has 4 nitrogen and oxygen atoms in total. The monoisotopic (exact) mass is 257 g/mol. The Morgan fingerprint density at radius 1 is 1.47 bits per heavy atom. The fourth-order valence-corrected chi connectivity index (χ4v) is 1.93. The van der Waals surface area contributed by atoms with E-state index in [9.17, 15) is 4.79 Å². The minimum atomic E-state index is -0.280. The van der Waals surface area contributed by atoms with Crippen molar-refractivity contribution in [1.82, 2.24) is 9.97 Å². The number of hydrogen-bond acceptors (Lipinski definition) is 3. The number of hydrogen-bond donors (Lipinski definition) is 1. The third-order valence-electron chi connectivity index (χ3n) is 2.68. The van der Waals surface area contributed by atoms with Crippen molar-refractivity contribution in [2.24, 2.45) is 0 Å². The molecule has 0 fully saturated rings. The van der Waals surface area contributed by atoms with Crippen LogP contribution in [0.3, 0.4) is 0 Å². The van der Waals surface area contributed by atoms with Gasteiger partial charge < -0.3 is 9.88 Å². The van der Waals surface area contributed by atoms with Gasteiger partial charge in [0.15, 0.2) is 5.82 Å². The van der Waals surface area contributed by atoms with Crippen molar-refractivity contribution in [1.29, 1.82) is 0 Å². The Labute approximate surface area is 107 Å². The highest BCUT2D eigenvalue weighted by molar-refractivity contribution is 6.32. The lowest BCUT2D eigenvalue weighted by molar-refractivity contribution is 0.619. The number of anilines is 1. The first-order valence-corrected chi connectivity index (χ1v) is 6.45. The summed E-state index contributed by atoms with van der Waals surface area (Å²) in [6, 6.07) is 0.277. The number of aromatic amines is 1. The van der Waals surface area contributed by atoms with Gasteiger partial charge in [-0.25, -0.2) is 4.98 Å². The summed E-state index contributed by atoms with van der Waals surface area (Å²) < 4.78 is 0. The van der Waals surface area contributed by atoms with Crippen molar-refractivity contribution in [3.05, 3.63) is 21.7 Å². The van der Waals surface area contributed by atoms with Crippen LogP contribution in [-0.2, 0) is 0 Å². The van der Waals surface area contributed by atoms with Crippen molar-refractivity contribution in [2.75, 3.05) is 11.4 Å². The maximum Gasteiger partial charge on any atom is 0.271 e. The maximum atomic E-state index is 11.4. The van der Waals surface area contributed by atoms with Gasteiger partial charge in [-0.2, -0.15) is 0 Å². The van der Waals surface area contributed by atoms with Crippen LogP contribution in [0.2, 0.25) is 5.02 Å². The molecule has 0 aliphatic rings. The van der Waals surface area contributed by atoms with E-state index in [1.54, 1.807) is 0 Å². The predicted molar refractivity (Wildman–Crippen MR) is 71.9 cm³/mol. The van der Waals surface area contributed by atoms with E-state index in [0.29, 0.717) is 5.82 Å². The summed E-state index contributed by atoms with van der Waals surface area (Å²) >= 11 is 6.00. The number of aromatic nitrogens is 2. The van der Waals surface area contributed by atoms with E-state index >= 15 is 0 Å². The van der Waals surface area contributed by atoms with E-state index in [4.69, 9.17) is 11.6 Å². The molecule has 0 unspecified atom stereocenters. The van der Waals surface area contributed by atoms with Crippen LogP contribution >= 0.6 is 11.6 Å². The van der Waals surface area contributed by atoms with Gasteiger partial charge in [0.05, 0.1) is 6.33 Å². The van der Waals surface area contributed by atoms with Crippen molar-refractivity contribution in [3.8, 4) is 0 Å². The Balaban J connectivity index is 2.90. The molecule has 1 N–H and O–H groups in total. The SMILES string of the molecule is CCCCCN(c1nc[nH]c(=O)c1Cl)C(C)C. The molecule has 0 spiro atoms. The molecule has 0 aromatic carbocycles. The summed E-state index contributed by atoms with van der Waals surface area (Å²) in [5, 5.41) is 0.178. The first kappa shape index (κ1) is 14.0. The van der Waals surface area contributed by atoms with Crippen LogP contribution in [-0.4, -0.2) is 22.6 Å². The van der Waals surface area contributed by atoms with Crippen LogP contribution < -0.4 is 10.5 Å². The third kappa shape index (κ3) is 3.73. The molecule has 0 radical (unpaired) electrons. The molecule has 1 rings (SSSR count). The van der Waals surface area contributed by atoms with Gasteiger partial charge in [-0.1, -0.05) is 31.4 Å². The second-order valence-corrected chi connectivity index (χ2v) is 4.74. The van der Waals surface area contributed by atoms with Gasteiger partial charge in [-0.15, -0.1) is 0 Å². The Morgan fingerprint density at radius 3 is 2.76 bits per heavy atom. The second kappa shape index (κ2) is 6.64. The van der Waals surface area contributed by atoms with Crippen LogP contribution in [0.25, 0.3) is 0 Å². The van der Waals surface area contributed by atoms with Crippen molar-refractivity contribution >= 4 is 17.4 Å². The molecule has 1 aromatic heterocycles. The molecule has 17 heavy (non-hydrogen) atoms. The maximum absolute atomic E-state index is 11.4. The molecule has 0 bridgehead atoms. The topological polar surface area (TPSA) is 49.0 Å². The van der Waals surface area contributed by atoms with E-state index < -0.39 is 0 Å². The normalized spacial score (nSPS) is 10.9. The second-order valence-electron chi connectivity index (χ2n) is 4.36. The van der Waals surface area contributed by atoms with Gasteiger partial charge in [0.25, 0.3) is 5.56 Å². The standard InChI is InChI=1S/C12H20ClN3O/c1-4-5-6-7-16(9(2)3)11-10(13)12(17)15-8-14-11/h8-9H,4-7H2,1-3H3,(H,14,15,17). The zero-order valence-electron chi connectivity index (χ0n) is 10.7. The first-order valence-electron chi connectivity index (χ1n) is 6.07. The number of H-pyrrole nitrogens is 1. The number of halogens is 1. The molecule has 96 valence electrons. The van der Waals surface area contributed by atoms with Crippen LogP contribution in [0.1, 0.15) is 40.0 Å². The Hall–Kier alpha value is -1.03. The molecule has 0 aliphatic heterocycles. The van der Waals surface area contributed by atoms with Crippen LogP contribution in [0, 0.1) is 0 Å². The number of nitrogens with one attached hydrogen (secondary N) is 1. The molecule has 0 saturated carbocycles. The van der Waals surface area contributed by atoms with Crippen molar-refractivity contribution < 1.29 is 0 Å². The number of nitrogens with zero attached hydrogens (tertiary/aromatic N) is 2. The summed E-state index contributed by atoms with van der Waals surface area (Å²) in [6.45, 7) is 7.19. The summed E-state index contributed by atoms with van der Waals surface area (Å²) in [6.07, 6.45) is 4.82. The van der Waals surface area contributed by atoms with Crippen LogP contribution in [0.4, 0.5) is 5.82 Å². The van der Waals surface area contributed by atoms with Gasteiger partial charge in [0.2, 0.25) is 0 Å². The van der Waals surface area contributed by atoms with Gasteiger partial charge in [0.1, 0.15) is 5.02 Å². The zero-order valence-corrected chi connectivity index (χ0v) is 11.4. The summed E-state index contributed by atoms with van der Waals surface area (Å²) in [5.74, 6) is 0.585. The lowest BCUT2D eigenvalue weighted by Crippen LogP contribution is -2.34. The van der Waals surface area contributed by atoms with Gasteiger partial charge in [-0.05, 0) is 20.3 Å². The number of rotatable bonds is 6. The molecular weight excluding hydrogens is 238 g/mol. The fourth-order valence-electron chi connectivity index (χ4n) is 1.71. The molecule has 0 aliphatic carbocycles. The van der Waals surface area contributed by atoms with E-state index in [-0.39, 0.29) is 16.6 Å². The van der Waals surface area contributed by atoms with E-state index in [1.807, 2.05) is 0 Å². The minimum Gasteiger partial charge on any atom is -0.353 e. The zero-order chi connectivity index (χ0) is 12.8. The highest BCUT2D eigenvalue weighted by atomic mass is 35.5. The average Bonchev–Trinajstić information content (AvgIpc) is 2.29. The Bertz CT molecular complexity index is 403. The number of unbranched alkanes of at least 4 members (excludes halogenated alkanes) is 2. The quantitative estimate of drug-likeness (QED) is 0.798. The molecule has 1 heterocycles. The molecule has 0 saturated heterocycles. The van der Waals surface area contributed by atoms with E-state index in [2.05, 4.69) is 35.6 Å². The fraction of sp³-hybridized carbons (Fsp3) is 0.667. The van der Waals surface area contributed by atoms with E-state index in [0.717, 1.165) is 13.0 Å². The lowest BCUT2D eigenvalue weighted by atomic mass is 10.2. The van der Waals surface area contributed by atoms with Crippen molar-refractivity contribution in [2.45, 2.75) is 46.1 Å². The first-order chi connectivity index (χ1) is 8.07. The highest BCUT2D eigenvalue weighted by Crippen LogP contribution is 2.21. The smallest absolute Gasteiger partial charge is 0.271 e. The summed E-state index contributed by atoms with van der Waals surface area (Å²) in [4.78, 5) is 20.2. The predicted octanol–water partition coefficient (Wildman–Crippen LogP) is 2.83. The minimum absolute atomic E-state index is 0.178. The van der Waals surface area contributed by atoms with Gasteiger partial charge in [-0.3, -0.25) is 4.79 Å². The van der Waals surface area contributed by atoms with Crippen LogP contribution in [0.5, 0.6) is 0 Å². The summed E-state index contributed by atoms with van der Waals surface area (Å²) in [5.41, 5.74) is -0.280. The Morgan fingerprint density at radius 2 is 2.18 bits per heavy atom. The largest absolute Gasteiger partial charge is 0.353 e. The lowest BCUT2D eigenvalue weighted by Gasteiger charge is -2.28. The summed E-state index contributed by atoms with van der Waals surface area (Å²) in [7, 11) is 0. The highest BCUT2D eigenvalue weighted by Gasteiger charge is 2.16. The molecule has 0 atom stereocenters. The molecule has 5 heteroatoms. The molecule has 0 amide bonds.